The Morgan fingerprint density at radius 1 is 1.73 bits per heavy atom. The van der Waals surface area contributed by atoms with E-state index in [9.17, 15) is 9.90 Å². The zero-order chi connectivity index (χ0) is 8.91. The third kappa shape index (κ3) is 3.31. The van der Waals surface area contributed by atoms with Gasteiger partial charge in [0.1, 0.15) is 0 Å². The van der Waals surface area contributed by atoms with Crippen LogP contribution in [-0.2, 0) is 0 Å². The van der Waals surface area contributed by atoms with E-state index in [1.165, 1.54) is 7.05 Å². The number of quaternary nitrogens is 1. The van der Waals surface area contributed by atoms with Crippen LogP contribution in [0.4, 0.5) is 4.79 Å². The maximum atomic E-state index is 10.5. The third-order valence-corrected chi connectivity index (χ3v) is 3.03. The number of hydrogen-bond acceptors (Lipinski definition) is 3. The molecular weight excluding hydrogens is 186 g/mol. The number of carbonyl (C=O) groups is 1. The van der Waals surface area contributed by atoms with Gasteiger partial charge in [0.2, 0.25) is 0 Å². The van der Waals surface area contributed by atoms with E-state index in [0.29, 0.717) is 6.54 Å². The molecule has 0 saturated carbocycles. The van der Waals surface area contributed by atoms with Crippen LogP contribution < -0.4 is 5.11 Å². The van der Waals surface area contributed by atoms with Crippen LogP contribution in [0.15, 0.2) is 0 Å². The normalized spacial score (nSPS) is 15.9. The molecule has 0 fully saturated rings. The number of amides is 1. The number of halogens is 1. The fraction of sp³-hybridized carbons (Fsp3) is 0.833. The van der Waals surface area contributed by atoms with E-state index < -0.39 is 6.09 Å². The molecule has 1 atom stereocenters. The lowest BCUT2D eigenvalue weighted by molar-refractivity contribution is -0.724. The molecule has 0 heterocycles. The standard InChI is InChI=1S/C6H12ClNO2S/c1-3-4-5-8(2,11-7)6(9)10/h3-5H2,1-2H3. The summed E-state index contributed by atoms with van der Waals surface area (Å²) in [5.74, 6) is 0. The molecule has 66 valence electrons. The first-order valence-electron chi connectivity index (χ1n) is 3.44. The van der Waals surface area contributed by atoms with Crippen molar-refractivity contribution < 1.29 is 13.8 Å². The minimum atomic E-state index is -1.14. The molecule has 11 heavy (non-hydrogen) atoms. The molecule has 0 aromatic rings. The summed E-state index contributed by atoms with van der Waals surface area (Å²) in [7, 11) is 6.94. The summed E-state index contributed by atoms with van der Waals surface area (Å²) in [6.07, 6.45) is 0.654. The van der Waals surface area contributed by atoms with Crippen molar-refractivity contribution in [3.05, 3.63) is 0 Å². The molecule has 5 heteroatoms. The molecule has 0 bridgehead atoms. The van der Waals surface area contributed by atoms with Crippen LogP contribution in [0.2, 0.25) is 0 Å². The predicted octanol–water partition coefficient (Wildman–Crippen LogP) is 1.38. The smallest absolute Gasteiger partial charge is 0.270 e. The lowest BCUT2D eigenvalue weighted by atomic mass is 10.3. The van der Waals surface area contributed by atoms with Gasteiger partial charge in [0.05, 0.1) is 13.6 Å². The van der Waals surface area contributed by atoms with E-state index in [0.717, 1.165) is 24.0 Å². The van der Waals surface area contributed by atoms with Crippen LogP contribution >= 0.6 is 21.8 Å². The molecule has 1 amide bonds. The van der Waals surface area contributed by atoms with Gasteiger partial charge in [-0.3, -0.25) is 0 Å². The van der Waals surface area contributed by atoms with Crippen LogP contribution in [0.25, 0.3) is 0 Å². The second-order valence-electron chi connectivity index (χ2n) is 2.51. The van der Waals surface area contributed by atoms with Gasteiger partial charge >= 0.3 is 0 Å². The Morgan fingerprint density at radius 3 is 2.55 bits per heavy atom. The molecule has 0 radical (unpaired) electrons. The Morgan fingerprint density at radius 2 is 2.27 bits per heavy atom. The molecule has 0 aliphatic heterocycles. The first kappa shape index (κ1) is 11.1. The molecule has 0 aliphatic rings. The van der Waals surface area contributed by atoms with Crippen LogP contribution in [0.3, 0.4) is 0 Å². The van der Waals surface area contributed by atoms with E-state index >= 15 is 0 Å². The Balaban J connectivity index is 3.99. The average molecular weight is 198 g/mol. The van der Waals surface area contributed by atoms with Crippen molar-refractivity contribution in [3.63, 3.8) is 0 Å². The highest BCUT2D eigenvalue weighted by Gasteiger charge is 2.24. The van der Waals surface area contributed by atoms with Crippen molar-refractivity contribution in [3.8, 4) is 0 Å². The minimum absolute atomic E-state index is 0.282. The molecule has 3 nitrogen and oxygen atoms in total. The first-order valence-corrected chi connectivity index (χ1v) is 5.04. The highest BCUT2D eigenvalue weighted by molar-refractivity contribution is 8.16. The zero-order valence-corrected chi connectivity index (χ0v) is 8.24. The van der Waals surface area contributed by atoms with Gasteiger partial charge in [0.25, 0.3) is 6.09 Å². The monoisotopic (exact) mass is 197 g/mol. The van der Waals surface area contributed by atoms with Crippen molar-refractivity contribution in [2.75, 3.05) is 13.6 Å². The summed E-state index contributed by atoms with van der Waals surface area (Å²) >= 11 is 0.768. The van der Waals surface area contributed by atoms with Gasteiger partial charge in [-0.1, -0.05) is 13.3 Å². The molecule has 0 aromatic heterocycles. The van der Waals surface area contributed by atoms with Gasteiger partial charge in [-0.15, -0.1) is 0 Å². The SMILES string of the molecule is CCCC[N+](C)(SCl)C(=O)[O-]. The Kier molecular flexibility index (Phi) is 4.88. The molecule has 1 unspecified atom stereocenters. The fourth-order valence-corrected chi connectivity index (χ4v) is 1.24. The summed E-state index contributed by atoms with van der Waals surface area (Å²) in [5.41, 5.74) is 0. The molecule has 0 aromatic carbocycles. The molecule has 0 N–H and O–H groups in total. The van der Waals surface area contributed by atoms with Crippen molar-refractivity contribution >= 4 is 27.9 Å². The number of carbonyl (C=O) groups excluding carboxylic acids is 1. The second-order valence-corrected chi connectivity index (χ2v) is 3.87. The van der Waals surface area contributed by atoms with E-state index in [2.05, 4.69) is 0 Å². The number of unbranched alkanes of at least 4 members (excludes halogenated alkanes) is 1. The summed E-state index contributed by atoms with van der Waals surface area (Å²) in [6, 6.07) is 0. The number of rotatable bonds is 4. The molecular formula is C6H12ClNO2S. The molecule has 0 aliphatic carbocycles. The topological polar surface area (TPSA) is 40.1 Å². The van der Waals surface area contributed by atoms with Crippen molar-refractivity contribution in [2.24, 2.45) is 0 Å². The summed E-state index contributed by atoms with van der Waals surface area (Å²) in [5, 5.41) is 10.5. The van der Waals surface area contributed by atoms with Crippen molar-refractivity contribution in [1.29, 1.82) is 0 Å². The van der Waals surface area contributed by atoms with E-state index in [4.69, 9.17) is 10.7 Å². The van der Waals surface area contributed by atoms with Crippen LogP contribution in [0, 0.1) is 0 Å². The summed E-state index contributed by atoms with van der Waals surface area (Å²) in [4.78, 5) is 10.5. The Bertz CT molecular complexity index is 145. The maximum absolute atomic E-state index is 10.5. The molecule has 0 rings (SSSR count). The van der Waals surface area contributed by atoms with Crippen LogP contribution in [0.5, 0.6) is 0 Å². The van der Waals surface area contributed by atoms with Crippen molar-refractivity contribution in [1.82, 2.24) is 0 Å². The largest absolute Gasteiger partial charge is 0.497 e. The molecule has 0 spiro atoms. The predicted molar refractivity (Wildman–Crippen MR) is 44.8 cm³/mol. The van der Waals surface area contributed by atoms with E-state index in [1.807, 2.05) is 6.92 Å². The van der Waals surface area contributed by atoms with E-state index in [1.54, 1.807) is 0 Å². The number of nitrogens with zero attached hydrogens (tertiary/aromatic N) is 1. The third-order valence-electron chi connectivity index (χ3n) is 1.48. The summed E-state index contributed by atoms with van der Waals surface area (Å²) in [6.45, 7) is 2.51. The van der Waals surface area contributed by atoms with Crippen LogP contribution in [0.1, 0.15) is 19.8 Å². The highest BCUT2D eigenvalue weighted by atomic mass is 35.7. The summed E-state index contributed by atoms with van der Waals surface area (Å²) < 4.78 is -0.282. The highest BCUT2D eigenvalue weighted by Crippen LogP contribution is 2.23. The van der Waals surface area contributed by atoms with Gasteiger partial charge in [-0.05, 0) is 6.42 Å². The van der Waals surface area contributed by atoms with Gasteiger partial charge in [0, 0.05) is 10.7 Å². The minimum Gasteiger partial charge on any atom is -0.497 e. The lowest BCUT2D eigenvalue weighted by Gasteiger charge is -2.27. The fourth-order valence-electron chi connectivity index (χ4n) is 0.614. The maximum Gasteiger partial charge on any atom is 0.270 e. The van der Waals surface area contributed by atoms with Crippen molar-refractivity contribution in [2.45, 2.75) is 19.8 Å². The molecule has 0 saturated heterocycles. The zero-order valence-electron chi connectivity index (χ0n) is 6.67. The van der Waals surface area contributed by atoms with E-state index in [-0.39, 0.29) is 3.89 Å². The van der Waals surface area contributed by atoms with Crippen LogP contribution in [-0.4, -0.2) is 23.6 Å². The van der Waals surface area contributed by atoms with Gasteiger partial charge < -0.3 is 9.90 Å². The lowest BCUT2D eigenvalue weighted by Crippen LogP contribution is -2.50. The average Bonchev–Trinajstić information content (AvgIpc) is 2.00. The number of carboxylic acid groups (broad SMARTS) is 1. The first-order chi connectivity index (χ1) is 5.06. The number of hydrogen-bond donors (Lipinski definition) is 0. The quantitative estimate of drug-likeness (QED) is 0.505. The second kappa shape index (κ2) is 4.85. The van der Waals surface area contributed by atoms with Gasteiger partial charge in [0.15, 0.2) is 11.2 Å². The van der Waals surface area contributed by atoms with Gasteiger partial charge in [-0.2, -0.15) is 0 Å². The Labute approximate surface area is 75.6 Å². The van der Waals surface area contributed by atoms with Gasteiger partial charge in [-0.25, -0.2) is 3.89 Å². The Hall–Kier alpha value is 0.0700.